The molecule has 110 valence electrons. The molecule has 0 aliphatic heterocycles. The van der Waals surface area contributed by atoms with Gasteiger partial charge in [0.25, 0.3) is 5.91 Å². The van der Waals surface area contributed by atoms with Gasteiger partial charge in [-0.05, 0) is 12.1 Å². The van der Waals surface area contributed by atoms with Crippen LogP contribution < -0.4 is 5.32 Å². The topological polar surface area (TPSA) is 86.6 Å². The minimum Gasteiger partial charge on any atom is -0.480 e. The number of halogens is 4. The zero-order valence-corrected chi connectivity index (χ0v) is 9.74. The molecular weight excluding hydrogens is 286 g/mol. The second kappa shape index (κ2) is 5.87. The summed E-state index contributed by atoms with van der Waals surface area (Å²) in [5.41, 5.74) is -2.60. The monoisotopic (exact) mass is 295 g/mol. The van der Waals surface area contributed by atoms with Crippen LogP contribution in [0.3, 0.4) is 0 Å². The molecule has 0 spiro atoms. The van der Waals surface area contributed by atoms with Gasteiger partial charge in [0, 0.05) is 0 Å². The third-order valence-corrected chi connectivity index (χ3v) is 2.33. The van der Waals surface area contributed by atoms with E-state index in [0.29, 0.717) is 6.07 Å². The Hall–Kier alpha value is -2.16. The number of benzene rings is 1. The van der Waals surface area contributed by atoms with Crippen LogP contribution in [0.2, 0.25) is 0 Å². The highest BCUT2D eigenvalue weighted by molar-refractivity contribution is 5.97. The molecule has 0 unspecified atom stereocenters. The van der Waals surface area contributed by atoms with Crippen LogP contribution in [0.1, 0.15) is 15.9 Å². The van der Waals surface area contributed by atoms with Gasteiger partial charge in [0.15, 0.2) is 6.04 Å². The van der Waals surface area contributed by atoms with Crippen molar-refractivity contribution < 1.29 is 37.4 Å². The molecule has 1 aromatic carbocycles. The van der Waals surface area contributed by atoms with Crippen molar-refractivity contribution in [3.05, 3.63) is 35.1 Å². The summed E-state index contributed by atoms with van der Waals surface area (Å²) in [5, 5.41) is 19.0. The van der Waals surface area contributed by atoms with Crippen LogP contribution in [0, 0.1) is 5.82 Å². The summed E-state index contributed by atoms with van der Waals surface area (Å²) in [5.74, 6) is -4.78. The van der Waals surface area contributed by atoms with Crippen molar-refractivity contribution in [3.8, 4) is 0 Å². The Morgan fingerprint density at radius 2 is 1.90 bits per heavy atom. The lowest BCUT2D eigenvalue weighted by molar-refractivity contribution is -0.141. The quantitative estimate of drug-likeness (QED) is 0.724. The summed E-state index contributed by atoms with van der Waals surface area (Å²) in [6.07, 6.45) is -4.98. The minimum absolute atomic E-state index is 0.451. The fourth-order valence-corrected chi connectivity index (χ4v) is 1.35. The second-order valence-electron chi connectivity index (χ2n) is 3.71. The number of carboxylic acids is 1. The minimum atomic E-state index is -4.98. The largest absolute Gasteiger partial charge is 0.480 e. The van der Waals surface area contributed by atoms with Gasteiger partial charge in [0.05, 0.1) is 17.7 Å². The number of carboxylic acid groups (broad SMARTS) is 1. The number of rotatable bonds is 4. The summed E-state index contributed by atoms with van der Waals surface area (Å²) in [6.45, 7) is -0.984. The predicted octanol–water partition coefficient (Wildman–Crippen LogP) is 1.02. The summed E-state index contributed by atoms with van der Waals surface area (Å²) >= 11 is 0. The number of hydrogen-bond donors (Lipinski definition) is 3. The van der Waals surface area contributed by atoms with Crippen LogP contribution in [0.4, 0.5) is 17.6 Å². The zero-order chi connectivity index (χ0) is 15.5. The maximum absolute atomic E-state index is 13.6. The van der Waals surface area contributed by atoms with Gasteiger partial charge in [0.1, 0.15) is 5.82 Å². The van der Waals surface area contributed by atoms with E-state index in [0.717, 1.165) is 12.1 Å². The first kappa shape index (κ1) is 15.9. The lowest BCUT2D eigenvalue weighted by Gasteiger charge is -2.14. The molecule has 0 bridgehead atoms. The van der Waals surface area contributed by atoms with Gasteiger partial charge in [0.2, 0.25) is 0 Å². The molecule has 0 aliphatic rings. The fraction of sp³-hybridized carbons (Fsp3) is 0.273. The lowest BCUT2D eigenvalue weighted by atomic mass is 10.1. The van der Waals surface area contributed by atoms with Gasteiger partial charge in [-0.3, -0.25) is 4.79 Å². The fourth-order valence-electron chi connectivity index (χ4n) is 1.35. The average Bonchev–Trinajstić information content (AvgIpc) is 2.34. The molecular formula is C11H9F4NO4. The Labute approximate surface area is 109 Å². The third-order valence-electron chi connectivity index (χ3n) is 2.33. The summed E-state index contributed by atoms with van der Waals surface area (Å²) in [6, 6.07) is 0.301. The van der Waals surface area contributed by atoms with Gasteiger partial charge in [-0.1, -0.05) is 6.07 Å². The first-order chi connectivity index (χ1) is 9.18. The van der Waals surface area contributed by atoms with Crippen molar-refractivity contribution in [3.63, 3.8) is 0 Å². The number of nitrogens with one attached hydrogen (secondary N) is 1. The molecule has 3 N–H and O–H groups in total. The number of aliphatic hydroxyl groups excluding tert-OH is 1. The van der Waals surface area contributed by atoms with Gasteiger partial charge in [-0.25, -0.2) is 9.18 Å². The molecule has 1 amide bonds. The summed E-state index contributed by atoms with van der Waals surface area (Å²) < 4.78 is 50.9. The van der Waals surface area contributed by atoms with Crippen LogP contribution in [-0.4, -0.2) is 34.7 Å². The van der Waals surface area contributed by atoms with E-state index in [1.54, 1.807) is 5.32 Å². The van der Waals surface area contributed by atoms with Crippen LogP contribution in [0.5, 0.6) is 0 Å². The number of amides is 1. The Morgan fingerprint density at radius 3 is 2.35 bits per heavy atom. The smallest absolute Gasteiger partial charge is 0.419 e. The molecule has 0 saturated heterocycles. The normalized spacial score (nSPS) is 12.8. The highest BCUT2D eigenvalue weighted by atomic mass is 19.4. The van der Waals surface area contributed by atoms with Gasteiger partial charge < -0.3 is 15.5 Å². The summed E-state index contributed by atoms with van der Waals surface area (Å²) in [4.78, 5) is 22.1. The number of alkyl halides is 3. The highest BCUT2D eigenvalue weighted by Gasteiger charge is 2.36. The first-order valence-electron chi connectivity index (χ1n) is 5.18. The van der Waals surface area contributed by atoms with E-state index in [4.69, 9.17) is 10.2 Å². The number of aliphatic hydroxyl groups is 1. The molecule has 0 heterocycles. The van der Waals surface area contributed by atoms with Crippen molar-refractivity contribution in [2.24, 2.45) is 0 Å². The van der Waals surface area contributed by atoms with Crippen molar-refractivity contribution in [1.82, 2.24) is 5.32 Å². The lowest BCUT2D eigenvalue weighted by Crippen LogP contribution is -2.43. The molecule has 0 aliphatic carbocycles. The molecule has 0 saturated carbocycles. The zero-order valence-electron chi connectivity index (χ0n) is 9.74. The number of carbonyl (C=O) groups excluding carboxylic acids is 1. The first-order valence-corrected chi connectivity index (χ1v) is 5.18. The second-order valence-corrected chi connectivity index (χ2v) is 3.71. The average molecular weight is 295 g/mol. The van der Waals surface area contributed by atoms with E-state index in [1.165, 1.54) is 0 Å². The Balaban J connectivity index is 3.09. The number of aliphatic carboxylic acids is 1. The Bertz CT molecular complexity index is 530. The van der Waals surface area contributed by atoms with E-state index < -0.39 is 47.6 Å². The van der Waals surface area contributed by atoms with E-state index in [-0.39, 0.29) is 0 Å². The molecule has 9 heteroatoms. The Kier molecular flexibility index (Phi) is 4.66. The molecule has 20 heavy (non-hydrogen) atoms. The third kappa shape index (κ3) is 3.44. The molecule has 0 fully saturated rings. The number of hydrogen-bond acceptors (Lipinski definition) is 3. The van der Waals surface area contributed by atoms with Crippen LogP contribution in [-0.2, 0) is 11.0 Å². The highest BCUT2D eigenvalue weighted by Crippen LogP contribution is 2.32. The maximum atomic E-state index is 13.6. The van der Waals surface area contributed by atoms with E-state index in [1.807, 2.05) is 0 Å². The molecule has 1 rings (SSSR count). The maximum Gasteiger partial charge on any atom is 0.419 e. The van der Waals surface area contributed by atoms with E-state index in [9.17, 15) is 27.2 Å². The molecule has 1 atom stereocenters. The number of carbonyl (C=O) groups is 2. The molecule has 1 aromatic rings. The van der Waals surface area contributed by atoms with Gasteiger partial charge in [-0.15, -0.1) is 0 Å². The van der Waals surface area contributed by atoms with Gasteiger partial charge >= 0.3 is 12.1 Å². The van der Waals surface area contributed by atoms with Crippen LogP contribution in [0.15, 0.2) is 18.2 Å². The van der Waals surface area contributed by atoms with Gasteiger partial charge in [-0.2, -0.15) is 13.2 Å². The van der Waals surface area contributed by atoms with Crippen molar-refractivity contribution in [2.45, 2.75) is 12.2 Å². The van der Waals surface area contributed by atoms with Crippen molar-refractivity contribution in [1.29, 1.82) is 0 Å². The molecule has 5 nitrogen and oxygen atoms in total. The van der Waals surface area contributed by atoms with E-state index >= 15 is 0 Å². The van der Waals surface area contributed by atoms with Crippen molar-refractivity contribution in [2.75, 3.05) is 6.61 Å². The standard InChI is InChI=1S/C11H9F4NO4/c12-8-5(2-1-3-6(8)11(13,14)15)9(18)16-7(4-17)10(19)20/h1-3,7,17H,4H2,(H,16,18)(H,19,20)/t7-/m1/s1. The van der Waals surface area contributed by atoms with E-state index in [2.05, 4.69) is 0 Å². The SMILES string of the molecule is O=C(N[C@H](CO)C(=O)O)c1cccc(C(F)(F)F)c1F. The molecule has 0 radical (unpaired) electrons. The predicted molar refractivity (Wildman–Crippen MR) is 57.4 cm³/mol. The summed E-state index contributed by atoms with van der Waals surface area (Å²) in [7, 11) is 0. The van der Waals surface area contributed by atoms with Crippen LogP contribution in [0.25, 0.3) is 0 Å². The molecule has 0 aromatic heterocycles. The Morgan fingerprint density at radius 1 is 1.30 bits per heavy atom. The van der Waals surface area contributed by atoms with Crippen LogP contribution >= 0.6 is 0 Å². The van der Waals surface area contributed by atoms with Crippen molar-refractivity contribution >= 4 is 11.9 Å².